The first kappa shape index (κ1) is 20.8. The molecule has 10 heteroatoms. The molecule has 0 aliphatic carbocycles. The van der Waals surface area contributed by atoms with Crippen LogP contribution in [-0.2, 0) is 9.59 Å². The van der Waals surface area contributed by atoms with E-state index in [1.54, 1.807) is 23.1 Å². The van der Waals surface area contributed by atoms with Crippen LogP contribution in [0, 0.1) is 0 Å². The largest absolute Gasteiger partial charge is 0.486 e. The Morgan fingerprint density at radius 2 is 1.89 bits per heavy atom. The SMILES string of the molecule is Cl.O=C(CN1CCCCC1C(=O)O)NC(=O)Nc1ccc2c(c1)OCCO2. The molecule has 3 amide bonds. The molecule has 3 N–H and O–H groups in total. The van der Waals surface area contributed by atoms with Crippen molar-refractivity contribution in [3.63, 3.8) is 0 Å². The van der Waals surface area contributed by atoms with Crippen molar-refractivity contribution < 1.29 is 29.0 Å². The van der Waals surface area contributed by atoms with Gasteiger partial charge in [0.1, 0.15) is 19.3 Å². The summed E-state index contributed by atoms with van der Waals surface area (Å²) in [4.78, 5) is 36.9. The molecule has 1 unspecified atom stereocenters. The normalized spacial score (nSPS) is 18.7. The summed E-state index contributed by atoms with van der Waals surface area (Å²) in [6.07, 6.45) is 2.16. The van der Waals surface area contributed by atoms with Crippen LogP contribution in [0.2, 0.25) is 0 Å². The van der Waals surface area contributed by atoms with Gasteiger partial charge in [0.15, 0.2) is 11.5 Å². The number of nitrogens with one attached hydrogen (secondary N) is 2. The van der Waals surface area contributed by atoms with Gasteiger partial charge in [0.05, 0.1) is 6.54 Å². The summed E-state index contributed by atoms with van der Waals surface area (Å²) < 4.78 is 10.8. The van der Waals surface area contributed by atoms with Crippen molar-refractivity contribution in [3.05, 3.63) is 18.2 Å². The van der Waals surface area contributed by atoms with E-state index in [1.807, 2.05) is 0 Å². The monoisotopic (exact) mass is 399 g/mol. The fourth-order valence-corrected chi connectivity index (χ4v) is 3.09. The molecule has 0 saturated carbocycles. The predicted octanol–water partition coefficient (Wildman–Crippen LogP) is 1.47. The highest BCUT2D eigenvalue weighted by atomic mass is 35.5. The van der Waals surface area contributed by atoms with Crippen LogP contribution >= 0.6 is 12.4 Å². The van der Waals surface area contributed by atoms with Crippen LogP contribution in [-0.4, -0.2) is 60.3 Å². The summed E-state index contributed by atoms with van der Waals surface area (Å²) in [5.41, 5.74) is 0.459. The molecule has 0 spiro atoms. The fraction of sp³-hybridized carbons (Fsp3) is 0.471. The van der Waals surface area contributed by atoms with Gasteiger partial charge in [-0.05, 0) is 31.5 Å². The van der Waals surface area contributed by atoms with Crippen LogP contribution in [0.25, 0.3) is 0 Å². The third kappa shape index (κ3) is 5.48. The number of amides is 3. The van der Waals surface area contributed by atoms with Crippen molar-refractivity contribution in [2.75, 3.05) is 31.6 Å². The Kier molecular flexibility index (Phi) is 7.26. The minimum absolute atomic E-state index is 0. The Labute approximate surface area is 162 Å². The molecule has 0 bridgehead atoms. The molecule has 1 aromatic rings. The first-order valence-electron chi connectivity index (χ1n) is 8.50. The second kappa shape index (κ2) is 9.43. The zero-order valence-corrected chi connectivity index (χ0v) is 15.4. The third-order valence-corrected chi connectivity index (χ3v) is 4.30. The summed E-state index contributed by atoms with van der Waals surface area (Å²) in [7, 11) is 0. The average Bonchev–Trinajstić information content (AvgIpc) is 2.61. The van der Waals surface area contributed by atoms with Gasteiger partial charge in [0.2, 0.25) is 5.91 Å². The molecule has 1 saturated heterocycles. The molecule has 9 nitrogen and oxygen atoms in total. The molecule has 2 heterocycles. The number of nitrogens with zero attached hydrogens (tertiary/aromatic N) is 1. The van der Waals surface area contributed by atoms with Crippen molar-refractivity contribution >= 4 is 36.0 Å². The number of aliphatic carboxylic acids is 1. The maximum atomic E-state index is 12.1. The van der Waals surface area contributed by atoms with Gasteiger partial charge in [-0.15, -0.1) is 12.4 Å². The van der Waals surface area contributed by atoms with Gasteiger partial charge < -0.3 is 19.9 Å². The second-order valence-electron chi connectivity index (χ2n) is 6.18. The molecule has 2 aliphatic heterocycles. The molecule has 148 valence electrons. The number of ether oxygens (including phenoxy) is 2. The number of anilines is 1. The number of hydrogen-bond donors (Lipinski definition) is 3. The van der Waals surface area contributed by atoms with Crippen molar-refractivity contribution in [1.82, 2.24) is 10.2 Å². The van der Waals surface area contributed by atoms with E-state index in [1.165, 1.54) is 0 Å². The van der Waals surface area contributed by atoms with Crippen molar-refractivity contribution in [3.8, 4) is 11.5 Å². The topological polar surface area (TPSA) is 117 Å². The van der Waals surface area contributed by atoms with Crippen molar-refractivity contribution in [2.45, 2.75) is 25.3 Å². The summed E-state index contributed by atoms with van der Waals surface area (Å²) in [5.74, 6) is -0.368. The molecule has 1 atom stereocenters. The zero-order valence-electron chi connectivity index (χ0n) is 14.6. The van der Waals surface area contributed by atoms with Gasteiger partial charge in [-0.25, -0.2) is 4.79 Å². The van der Waals surface area contributed by atoms with Crippen LogP contribution in [0.4, 0.5) is 10.5 Å². The smallest absolute Gasteiger partial charge is 0.325 e. The van der Waals surface area contributed by atoms with Gasteiger partial charge in [-0.3, -0.25) is 19.8 Å². The van der Waals surface area contributed by atoms with Gasteiger partial charge in [0, 0.05) is 11.8 Å². The highest BCUT2D eigenvalue weighted by molar-refractivity contribution is 6.02. The number of fused-ring (bicyclic) bond motifs is 1. The summed E-state index contributed by atoms with van der Waals surface area (Å²) in [6.45, 7) is 1.30. The lowest BCUT2D eigenvalue weighted by atomic mass is 10.0. The van der Waals surface area contributed by atoms with E-state index in [-0.39, 0.29) is 19.0 Å². The number of likely N-dealkylation sites (tertiary alicyclic amines) is 1. The molecule has 1 aromatic carbocycles. The quantitative estimate of drug-likeness (QED) is 0.701. The lowest BCUT2D eigenvalue weighted by molar-refractivity contribution is -0.145. The Bertz CT molecular complexity index is 714. The lowest BCUT2D eigenvalue weighted by Gasteiger charge is -2.31. The molecule has 0 radical (unpaired) electrons. The second-order valence-corrected chi connectivity index (χ2v) is 6.18. The third-order valence-electron chi connectivity index (χ3n) is 4.30. The number of imide groups is 1. The van der Waals surface area contributed by atoms with Crippen LogP contribution in [0.15, 0.2) is 18.2 Å². The van der Waals surface area contributed by atoms with E-state index in [2.05, 4.69) is 10.6 Å². The minimum Gasteiger partial charge on any atom is -0.486 e. The Hall–Kier alpha value is -2.52. The number of piperidine rings is 1. The standard InChI is InChI=1S/C17H21N3O6.ClH/c21-15(10-20-6-2-1-3-12(20)16(22)23)19-17(24)18-11-4-5-13-14(9-11)26-8-7-25-13;/h4-5,9,12H,1-3,6-8,10H2,(H,22,23)(H2,18,19,21,24);1H. The van der Waals surface area contributed by atoms with Crippen LogP contribution in [0.3, 0.4) is 0 Å². The van der Waals surface area contributed by atoms with Crippen molar-refractivity contribution in [2.24, 2.45) is 0 Å². The highest BCUT2D eigenvalue weighted by Crippen LogP contribution is 2.32. The highest BCUT2D eigenvalue weighted by Gasteiger charge is 2.29. The number of carbonyl (C=O) groups is 3. The van der Waals surface area contributed by atoms with E-state index < -0.39 is 23.9 Å². The Morgan fingerprint density at radius 3 is 2.63 bits per heavy atom. The van der Waals surface area contributed by atoms with E-state index in [0.29, 0.717) is 43.4 Å². The van der Waals surface area contributed by atoms with Gasteiger partial charge in [-0.2, -0.15) is 0 Å². The summed E-state index contributed by atoms with van der Waals surface area (Å²) >= 11 is 0. The molecule has 0 aromatic heterocycles. The first-order valence-corrected chi connectivity index (χ1v) is 8.50. The van der Waals surface area contributed by atoms with Gasteiger partial charge >= 0.3 is 12.0 Å². The number of hydrogen-bond acceptors (Lipinski definition) is 6. The maximum absolute atomic E-state index is 12.1. The molecule has 2 aliphatic rings. The van der Waals surface area contributed by atoms with Crippen LogP contribution in [0.1, 0.15) is 19.3 Å². The van der Waals surface area contributed by atoms with Crippen molar-refractivity contribution in [1.29, 1.82) is 0 Å². The minimum atomic E-state index is -0.946. The number of carboxylic acids is 1. The maximum Gasteiger partial charge on any atom is 0.325 e. The molecule has 27 heavy (non-hydrogen) atoms. The first-order chi connectivity index (χ1) is 12.5. The molecule has 1 fully saturated rings. The van der Waals surface area contributed by atoms with Gasteiger partial charge in [-0.1, -0.05) is 6.42 Å². The van der Waals surface area contributed by atoms with Crippen LogP contribution in [0.5, 0.6) is 11.5 Å². The van der Waals surface area contributed by atoms with E-state index in [4.69, 9.17) is 9.47 Å². The lowest BCUT2D eigenvalue weighted by Crippen LogP contribution is -2.50. The van der Waals surface area contributed by atoms with Gasteiger partial charge in [0.25, 0.3) is 0 Å². The number of halogens is 1. The van der Waals surface area contributed by atoms with E-state index >= 15 is 0 Å². The predicted molar refractivity (Wildman–Crippen MR) is 98.7 cm³/mol. The Balaban J connectivity index is 0.00000261. The number of benzene rings is 1. The molecular formula is C17H22ClN3O6. The number of carboxylic acid groups (broad SMARTS) is 1. The summed E-state index contributed by atoms with van der Waals surface area (Å²) in [5, 5.41) is 14.0. The Morgan fingerprint density at radius 1 is 1.15 bits per heavy atom. The number of urea groups is 1. The number of rotatable bonds is 4. The average molecular weight is 400 g/mol. The molecular weight excluding hydrogens is 378 g/mol. The molecule has 3 rings (SSSR count). The fourth-order valence-electron chi connectivity index (χ4n) is 3.09. The van der Waals surface area contributed by atoms with Crippen LogP contribution < -0.4 is 20.1 Å². The summed E-state index contributed by atoms with van der Waals surface area (Å²) in [6, 6.07) is 3.56. The number of carbonyl (C=O) groups excluding carboxylic acids is 2. The zero-order chi connectivity index (χ0) is 18.5. The van der Waals surface area contributed by atoms with E-state index in [9.17, 15) is 19.5 Å². The van der Waals surface area contributed by atoms with E-state index in [0.717, 1.165) is 12.8 Å².